The zero-order chi connectivity index (χ0) is 17.8. The summed E-state index contributed by atoms with van der Waals surface area (Å²) in [6.07, 6.45) is 1.65. The minimum absolute atomic E-state index is 0.0342. The smallest absolute Gasteiger partial charge is 0.253 e. The highest BCUT2D eigenvalue weighted by Gasteiger charge is 2.25. The lowest BCUT2D eigenvalue weighted by atomic mass is 10.0. The van der Waals surface area contributed by atoms with Crippen LogP contribution in [0.4, 0.5) is 0 Å². The fourth-order valence-electron chi connectivity index (χ4n) is 2.94. The van der Waals surface area contributed by atoms with E-state index in [9.17, 15) is 9.59 Å². The Bertz CT molecular complexity index is 765. The number of carbonyl (C=O) groups excluding carboxylic acids is 2. The quantitative estimate of drug-likeness (QED) is 0.769. The van der Waals surface area contributed by atoms with Crippen LogP contribution in [-0.4, -0.2) is 35.8 Å². The molecule has 3 rings (SSSR count). The van der Waals surface area contributed by atoms with Crippen molar-refractivity contribution in [3.05, 3.63) is 64.7 Å². The number of hydrogen-bond acceptors (Lipinski definition) is 3. The van der Waals surface area contributed by atoms with Crippen LogP contribution in [0.2, 0.25) is 5.02 Å². The molecule has 130 valence electrons. The van der Waals surface area contributed by atoms with E-state index < -0.39 is 0 Å². The number of hydrogen-bond donors (Lipinski definition) is 0. The number of nitrogens with zero attached hydrogens (tertiary/aromatic N) is 1. The molecule has 1 aliphatic rings. The Morgan fingerprint density at radius 2 is 1.68 bits per heavy atom. The van der Waals surface area contributed by atoms with Crippen molar-refractivity contribution in [1.82, 2.24) is 4.90 Å². The molecule has 2 aromatic carbocycles. The van der Waals surface area contributed by atoms with Gasteiger partial charge in [-0.1, -0.05) is 23.7 Å². The summed E-state index contributed by atoms with van der Waals surface area (Å²) in [6.45, 7) is 2.78. The summed E-state index contributed by atoms with van der Waals surface area (Å²) in [5.41, 5.74) is 1.12. The molecule has 2 aromatic rings. The average molecular weight is 358 g/mol. The molecule has 0 aromatic heterocycles. The molecule has 0 aliphatic carbocycles. The van der Waals surface area contributed by atoms with E-state index in [1.165, 1.54) is 6.92 Å². The van der Waals surface area contributed by atoms with Gasteiger partial charge >= 0.3 is 0 Å². The average Bonchev–Trinajstić information content (AvgIpc) is 2.64. The first kappa shape index (κ1) is 17.5. The number of rotatable bonds is 4. The number of Topliss-reactive ketones (excluding diaryl/α,β-unsaturated/α-hetero) is 1. The van der Waals surface area contributed by atoms with E-state index in [0.29, 0.717) is 29.2 Å². The second-order valence-electron chi connectivity index (χ2n) is 6.20. The number of benzene rings is 2. The lowest BCUT2D eigenvalue weighted by Crippen LogP contribution is -2.41. The molecule has 4 nitrogen and oxygen atoms in total. The molecule has 1 saturated heterocycles. The van der Waals surface area contributed by atoms with Gasteiger partial charge in [-0.05, 0) is 43.3 Å². The molecule has 1 fully saturated rings. The molecule has 0 spiro atoms. The number of amides is 1. The summed E-state index contributed by atoms with van der Waals surface area (Å²) in [7, 11) is 0. The SMILES string of the molecule is CC(=O)c1cccc(C(=O)N2CCC(Oc3ccc(Cl)cc3)CC2)c1. The zero-order valence-electron chi connectivity index (χ0n) is 14.1. The molecule has 1 heterocycles. The molecule has 1 amide bonds. The standard InChI is InChI=1S/C20H20ClNO3/c1-14(23)15-3-2-4-16(13-15)20(24)22-11-9-19(10-12-22)25-18-7-5-17(21)6-8-18/h2-8,13,19H,9-12H2,1H3. The van der Waals surface area contributed by atoms with Crippen LogP contribution in [0.15, 0.2) is 48.5 Å². The van der Waals surface area contributed by atoms with Crippen molar-refractivity contribution in [3.8, 4) is 5.75 Å². The van der Waals surface area contributed by atoms with Crippen molar-refractivity contribution in [1.29, 1.82) is 0 Å². The van der Waals surface area contributed by atoms with Crippen LogP contribution in [0, 0.1) is 0 Å². The summed E-state index contributed by atoms with van der Waals surface area (Å²) in [5, 5.41) is 0.681. The number of ketones is 1. The van der Waals surface area contributed by atoms with Crippen LogP contribution in [-0.2, 0) is 0 Å². The van der Waals surface area contributed by atoms with Crippen molar-refractivity contribution in [3.63, 3.8) is 0 Å². The van der Waals surface area contributed by atoms with Gasteiger partial charge in [-0.3, -0.25) is 9.59 Å². The van der Waals surface area contributed by atoms with E-state index in [1.54, 1.807) is 36.4 Å². The molecular weight excluding hydrogens is 338 g/mol. The lowest BCUT2D eigenvalue weighted by molar-refractivity contribution is 0.0595. The Kier molecular flexibility index (Phi) is 5.39. The van der Waals surface area contributed by atoms with Crippen molar-refractivity contribution >= 4 is 23.3 Å². The minimum Gasteiger partial charge on any atom is -0.490 e. The molecule has 0 bridgehead atoms. The topological polar surface area (TPSA) is 46.6 Å². The second-order valence-corrected chi connectivity index (χ2v) is 6.64. The predicted octanol–water partition coefficient (Wildman–Crippen LogP) is 4.23. The van der Waals surface area contributed by atoms with Gasteiger partial charge in [0, 0.05) is 42.1 Å². The van der Waals surface area contributed by atoms with Crippen LogP contribution in [0.25, 0.3) is 0 Å². The van der Waals surface area contributed by atoms with E-state index >= 15 is 0 Å². The van der Waals surface area contributed by atoms with Crippen molar-refractivity contribution < 1.29 is 14.3 Å². The number of likely N-dealkylation sites (tertiary alicyclic amines) is 1. The van der Waals surface area contributed by atoms with Crippen LogP contribution in [0.1, 0.15) is 40.5 Å². The van der Waals surface area contributed by atoms with Gasteiger partial charge in [0.2, 0.25) is 0 Å². The third kappa shape index (κ3) is 4.40. The van der Waals surface area contributed by atoms with Crippen LogP contribution in [0.3, 0.4) is 0 Å². The molecule has 0 N–H and O–H groups in total. The summed E-state index contributed by atoms with van der Waals surface area (Å²) in [4.78, 5) is 25.9. The highest BCUT2D eigenvalue weighted by atomic mass is 35.5. The van der Waals surface area contributed by atoms with E-state index in [4.69, 9.17) is 16.3 Å². The fourth-order valence-corrected chi connectivity index (χ4v) is 3.06. The molecule has 5 heteroatoms. The molecule has 0 atom stereocenters. The third-order valence-corrected chi connectivity index (χ3v) is 4.61. The van der Waals surface area contributed by atoms with Crippen molar-refractivity contribution in [2.45, 2.75) is 25.9 Å². The molecule has 0 saturated carbocycles. The van der Waals surface area contributed by atoms with Gasteiger partial charge in [-0.25, -0.2) is 0 Å². The number of ether oxygens (including phenoxy) is 1. The maximum Gasteiger partial charge on any atom is 0.253 e. The summed E-state index contributed by atoms with van der Waals surface area (Å²) in [5.74, 6) is 0.723. The number of piperidine rings is 1. The first-order chi connectivity index (χ1) is 12.0. The second kappa shape index (κ2) is 7.70. The highest BCUT2D eigenvalue weighted by molar-refractivity contribution is 6.30. The summed E-state index contributed by atoms with van der Waals surface area (Å²) < 4.78 is 5.95. The van der Waals surface area contributed by atoms with E-state index in [1.807, 2.05) is 17.0 Å². The maximum atomic E-state index is 12.6. The summed E-state index contributed by atoms with van der Waals surface area (Å²) in [6, 6.07) is 14.2. The van der Waals surface area contributed by atoms with Gasteiger partial charge in [0.25, 0.3) is 5.91 Å². The molecule has 25 heavy (non-hydrogen) atoms. The normalized spacial score (nSPS) is 15.0. The Morgan fingerprint density at radius 3 is 2.32 bits per heavy atom. The van der Waals surface area contributed by atoms with Crippen LogP contribution < -0.4 is 4.74 Å². The van der Waals surface area contributed by atoms with E-state index in [-0.39, 0.29) is 17.8 Å². The fraction of sp³-hybridized carbons (Fsp3) is 0.300. The maximum absolute atomic E-state index is 12.6. The van der Waals surface area contributed by atoms with Gasteiger partial charge in [-0.2, -0.15) is 0 Å². The Labute approximate surface area is 152 Å². The molecular formula is C20H20ClNO3. The first-order valence-corrected chi connectivity index (χ1v) is 8.73. The lowest BCUT2D eigenvalue weighted by Gasteiger charge is -2.32. The predicted molar refractivity (Wildman–Crippen MR) is 97.5 cm³/mol. The monoisotopic (exact) mass is 357 g/mol. The molecule has 0 unspecified atom stereocenters. The van der Waals surface area contributed by atoms with E-state index in [0.717, 1.165) is 18.6 Å². The minimum atomic E-state index is -0.0373. The zero-order valence-corrected chi connectivity index (χ0v) is 14.8. The molecule has 1 aliphatic heterocycles. The van der Waals surface area contributed by atoms with Crippen molar-refractivity contribution in [2.24, 2.45) is 0 Å². The Balaban J connectivity index is 1.58. The number of carbonyl (C=O) groups is 2. The highest BCUT2D eigenvalue weighted by Crippen LogP contribution is 2.22. The van der Waals surface area contributed by atoms with Gasteiger partial charge in [0.05, 0.1) is 0 Å². The Morgan fingerprint density at radius 1 is 1.04 bits per heavy atom. The first-order valence-electron chi connectivity index (χ1n) is 8.35. The van der Waals surface area contributed by atoms with Gasteiger partial charge in [0.1, 0.15) is 11.9 Å². The van der Waals surface area contributed by atoms with Crippen molar-refractivity contribution in [2.75, 3.05) is 13.1 Å². The van der Waals surface area contributed by atoms with E-state index in [2.05, 4.69) is 0 Å². The van der Waals surface area contributed by atoms with Crippen LogP contribution in [0.5, 0.6) is 5.75 Å². The summed E-state index contributed by atoms with van der Waals surface area (Å²) >= 11 is 5.88. The van der Waals surface area contributed by atoms with Gasteiger partial charge in [-0.15, -0.1) is 0 Å². The number of halogens is 1. The molecule has 0 radical (unpaired) electrons. The third-order valence-electron chi connectivity index (χ3n) is 4.36. The Hall–Kier alpha value is -2.33. The largest absolute Gasteiger partial charge is 0.490 e. The van der Waals surface area contributed by atoms with Crippen LogP contribution >= 0.6 is 11.6 Å². The van der Waals surface area contributed by atoms with Gasteiger partial charge < -0.3 is 9.64 Å². The van der Waals surface area contributed by atoms with Gasteiger partial charge in [0.15, 0.2) is 5.78 Å².